The third-order valence-electron chi connectivity index (χ3n) is 1.50. The minimum atomic E-state index is -0.802. The molecule has 0 N–H and O–H groups in total. The second-order valence-electron chi connectivity index (χ2n) is 2.32. The average Bonchev–Trinajstić information content (AvgIpc) is 2.16. The molecule has 1 rings (SSSR count). The van der Waals surface area contributed by atoms with Gasteiger partial charge in [0.05, 0.1) is 9.85 Å². The van der Waals surface area contributed by atoms with Crippen LogP contribution in [0.4, 0.5) is 11.4 Å². The van der Waals surface area contributed by atoms with Crippen molar-refractivity contribution in [3.8, 4) is 0 Å². The normalized spacial score (nSPS) is 9.43. The van der Waals surface area contributed by atoms with Crippen LogP contribution in [0.2, 0.25) is 0 Å². The van der Waals surface area contributed by atoms with Crippen LogP contribution in [0.5, 0.6) is 0 Å². The Balaban J connectivity index is 3.32. The van der Waals surface area contributed by atoms with E-state index in [1.165, 1.54) is 6.29 Å². The summed E-state index contributed by atoms with van der Waals surface area (Å²) in [5.41, 5.74) is -1.30. The smallest absolute Gasteiger partial charge is 0.281 e. The Bertz CT molecular complexity index is 415. The predicted octanol–water partition coefficient (Wildman–Crippen LogP) is 0.961. The van der Waals surface area contributed by atoms with Crippen molar-refractivity contribution in [2.24, 2.45) is 0 Å². The number of nitrogens with zero attached hydrogens (tertiary/aromatic N) is 2. The van der Waals surface area contributed by atoms with Gasteiger partial charge in [0.15, 0.2) is 0 Å². The first-order valence-corrected chi connectivity index (χ1v) is 3.37. The van der Waals surface area contributed by atoms with Gasteiger partial charge in [0, 0.05) is 18.2 Å². The first kappa shape index (κ1) is 9.78. The van der Waals surface area contributed by atoms with Crippen LogP contribution < -0.4 is 0 Å². The summed E-state index contributed by atoms with van der Waals surface area (Å²) in [4.78, 5) is 29.3. The number of carbonyl (C=O) groups excluding carboxylic acids is 1. The Hall–Kier alpha value is -2.31. The summed E-state index contributed by atoms with van der Waals surface area (Å²) in [6.07, 6.45) is 1.28. The lowest BCUT2D eigenvalue weighted by molar-refractivity contribution is -0.389. The molecule has 0 aromatic heterocycles. The van der Waals surface area contributed by atoms with Crippen molar-refractivity contribution in [3.63, 3.8) is 0 Å². The molecule has 0 unspecified atom stereocenters. The molecular weight excluding hydrogens is 192 g/mol. The van der Waals surface area contributed by atoms with Gasteiger partial charge in [-0.15, -0.1) is 0 Å². The molecule has 0 fully saturated rings. The molecular formula is C7H3N2O5. The number of nitro groups is 2. The van der Waals surface area contributed by atoms with Gasteiger partial charge in [-0.1, -0.05) is 0 Å². The molecule has 0 bridgehead atoms. The molecule has 0 atom stereocenters. The van der Waals surface area contributed by atoms with Gasteiger partial charge in [-0.25, -0.2) is 0 Å². The van der Waals surface area contributed by atoms with Gasteiger partial charge >= 0.3 is 0 Å². The van der Waals surface area contributed by atoms with E-state index in [2.05, 4.69) is 0 Å². The van der Waals surface area contributed by atoms with Crippen LogP contribution in [0.25, 0.3) is 0 Å². The number of non-ortho nitro benzene ring substituents is 1. The first-order valence-electron chi connectivity index (χ1n) is 3.37. The average molecular weight is 195 g/mol. The largest absolute Gasteiger partial charge is 0.285 e. The summed E-state index contributed by atoms with van der Waals surface area (Å²) >= 11 is 0. The van der Waals surface area contributed by atoms with E-state index in [1.54, 1.807) is 0 Å². The Morgan fingerprint density at radius 2 is 1.79 bits per heavy atom. The van der Waals surface area contributed by atoms with E-state index in [0.717, 1.165) is 18.2 Å². The molecule has 0 amide bonds. The van der Waals surface area contributed by atoms with Crippen molar-refractivity contribution in [1.29, 1.82) is 0 Å². The lowest BCUT2D eigenvalue weighted by atomic mass is 10.2. The minimum Gasteiger partial charge on any atom is -0.285 e. The zero-order valence-electron chi connectivity index (χ0n) is 6.67. The molecule has 1 aromatic rings. The Kier molecular flexibility index (Phi) is 2.52. The van der Waals surface area contributed by atoms with E-state index in [0.29, 0.717) is 0 Å². The highest BCUT2D eigenvalue weighted by Crippen LogP contribution is 2.21. The Morgan fingerprint density at radius 1 is 1.14 bits per heavy atom. The minimum absolute atomic E-state index is 0.381. The van der Waals surface area contributed by atoms with E-state index < -0.39 is 21.1 Å². The fraction of sp³-hybridized carbons (Fsp3) is 0. The van der Waals surface area contributed by atoms with Gasteiger partial charge in [-0.05, 0) is 0 Å². The van der Waals surface area contributed by atoms with Crippen LogP contribution in [0, 0.1) is 20.2 Å². The SMILES string of the molecule is O=[C]c1cc([N+](=O)[O-])ccc1[N+](=O)[O-]. The van der Waals surface area contributed by atoms with Gasteiger partial charge in [-0.2, -0.15) is 0 Å². The molecule has 7 nitrogen and oxygen atoms in total. The summed E-state index contributed by atoms with van der Waals surface area (Å²) in [6.45, 7) is 0. The van der Waals surface area contributed by atoms with Crippen LogP contribution in [0.15, 0.2) is 18.2 Å². The van der Waals surface area contributed by atoms with E-state index in [4.69, 9.17) is 0 Å². The van der Waals surface area contributed by atoms with Crippen LogP contribution >= 0.6 is 0 Å². The molecule has 0 saturated carbocycles. The molecule has 14 heavy (non-hydrogen) atoms. The van der Waals surface area contributed by atoms with Crippen LogP contribution in [-0.4, -0.2) is 16.1 Å². The predicted molar refractivity (Wildman–Crippen MR) is 44.5 cm³/mol. The molecule has 0 aliphatic carbocycles. The van der Waals surface area contributed by atoms with Crippen molar-refractivity contribution >= 4 is 17.7 Å². The van der Waals surface area contributed by atoms with Gasteiger partial charge in [0.2, 0.25) is 6.29 Å². The van der Waals surface area contributed by atoms with Crippen molar-refractivity contribution in [2.45, 2.75) is 0 Å². The second-order valence-corrected chi connectivity index (χ2v) is 2.32. The lowest BCUT2D eigenvalue weighted by Gasteiger charge is -1.94. The third-order valence-corrected chi connectivity index (χ3v) is 1.50. The van der Waals surface area contributed by atoms with E-state index >= 15 is 0 Å². The molecule has 0 aliphatic heterocycles. The van der Waals surface area contributed by atoms with Crippen molar-refractivity contribution in [2.75, 3.05) is 0 Å². The molecule has 71 valence electrons. The van der Waals surface area contributed by atoms with Gasteiger partial charge < -0.3 is 0 Å². The maximum Gasteiger partial charge on any atom is 0.281 e. The number of benzene rings is 1. The van der Waals surface area contributed by atoms with Crippen LogP contribution in [-0.2, 0) is 4.79 Å². The number of rotatable bonds is 3. The monoisotopic (exact) mass is 195 g/mol. The summed E-state index contributed by atoms with van der Waals surface area (Å²) in [7, 11) is 0. The molecule has 1 aromatic carbocycles. The fourth-order valence-electron chi connectivity index (χ4n) is 0.879. The highest BCUT2D eigenvalue weighted by molar-refractivity contribution is 5.83. The van der Waals surface area contributed by atoms with E-state index in [-0.39, 0.29) is 5.69 Å². The molecule has 0 aliphatic rings. The van der Waals surface area contributed by atoms with E-state index in [9.17, 15) is 25.0 Å². The maximum absolute atomic E-state index is 10.3. The van der Waals surface area contributed by atoms with Gasteiger partial charge in [0.1, 0.15) is 5.56 Å². The molecule has 0 heterocycles. The van der Waals surface area contributed by atoms with Crippen LogP contribution in [0.3, 0.4) is 0 Å². The standard InChI is InChI=1S/C7H3N2O5/c10-4-5-3-6(8(11)12)1-2-7(5)9(13)14/h1-3H. The van der Waals surface area contributed by atoms with Crippen LogP contribution in [0.1, 0.15) is 5.56 Å². The van der Waals surface area contributed by atoms with Crippen molar-refractivity contribution in [1.82, 2.24) is 0 Å². The first-order chi connectivity index (χ1) is 6.56. The Morgan fingerprint density at radius 3 is 2.21 bits per heavy atom. The summed E-state index contributed by atoms with van der Waals surface area (Å²) in [5, 5.41) is 20.6. The fourth-order valence-corrected chi connectivity index (χ4v) is 0.879. The molecule has 1 radical (unpaired) electrons. The molecule has 0 spiro atoms. The number of hydrogen-bond acceptors (Lipinski definition) is 5. The third kappa shape index (κ3) is 1.71. The quantitative estimate of drug-likeness (QED) is 0.527. The molecule has 0 saturated heterocycles. The summed E-state index contributed by atoms with van der Waals surface area (Å²) in [5.74, 6) is 0. The molecule has 7 heteroatoms. The lowest BCUT2D eigenvalue weighted by Crippen LogP contribution is -1.96. The maximum atomic E-state index is 10.3. The van der Waals surface area contributed by atoms with Gasteiger partial charge in [-0.3, -0.25) is 25.0 Å². The van der Waals surface area contributed by atoms with Crippen molar-refractivity contribution < 1.29 is 14.6 Å². The summed E-state index contributed by atoms with van der Waals surface area (Å²) < 4.78 is 0. The zero-order chi connectivity index (χ0) is 10.7. The topological polar surface area (TPSA) is 103 Å². The highest BCUT2D eigenvalue weighted by atomic mass is 16.6. The van der Waals surface area contributed by atoms with E-state index in [1.807, 2.05) is 0 Å². The number of hydrogen-bond donors (Lipinski definition) is 0. The second kappa shape index (κ2) is 3.60. The highest BCUT2D eigenvalue weighted by Gasteiger charge is 2.17. The van der Waals surface area contributed by atoms with Gasteiger partial charge in [0.25, 0.3) is 11.4 Å². The zero-order valence-corrected chi connectivity index (χ0v) is 6.67. The van der Waals surface area contributed by atoms with Crippen molar-refractivity contribution in [3.05, 3.63) is 44.0 Å². The summed E-state index contributed by atoms with van der Waals surface area (Å²) in [6, 6.07) is 2.67. The Labute approximate surface area is 77.3 Å². The number of nitro benzene ring substituents is 2.